The monoisotopic (exact) mass is 324 g/mol. The number of aromatic nitrogens is 1. The molecule has 0 aromatic carbocycles. The maximum atomic E-state index is 11.9. The molecule has 0 saturated carbocycles. The van der Waals surface area contributed by atoms with E-state index >= 15 is 0 Å². The highest BCUT2D eigenvalue weighted by Crippen LogP contribution is 2.12. The molecule has 0 atom stereocenters. The fourth-order valence-corrected chi connectivity index (χ4v) is 2.69. The van der Waals surface area contributed by atoms with Gasteiger partial charge in [0.25, 0.3) is 5.91 Å². The number of aryl methyl sites for hydroxylation is 1. The first kappa shape index (κ1) is 18.9. The van der Waals surface area contributed by atoms with Crippen molar-refractivity contribution in [1.82, 2.24) is 14.6 Å². The Kier molecular flexibility index (Phi) is 7.80. The first-order chi connectivity index (χ1) is 8.88. The lowest BCUT2D eigenvalue weighted by Crippen LogP contribution is -2.32. The molecule has 9 heteroatoms. The molecule has 4 N–H and O–H groups in total. The van der Waals surface area contributed by atoms with Crippen LogP contribution in [-0.4, -0.2) is 38.5 Å². The maximum absolute atomic E-state index is 11.9. The van der Waals surface area contributed by atoms with Crippen molar-refractivity contribution in [3.05, 3.63) is 18.0 Å². The van der Waals surface area contributed by atoms with E-state index in [-0.39, 0.29) is 23.0 Å². The molecule has 0 radical (unpaired) electrons. The number of hydrogen-bond donors (Lipinski definition) is 3. The van der Waals surface area contributed by atoms with Crippen molar-refractivity contribution in [2.45, 2.75) is 18.2 Å². The third-order valence-corrected chi connectivity index (χ3v) is 3.99. The van der Waals surface area contributed by atoms with Gasteiger partial charge in [0.15, 0.2) is 0 Å². The molecule has 0 fully saturated rings. The first-order valence-corrected chi connectivity index (χ1v) is 7.53. The van der Waals surface area contributed by atoms with Crippen LogP contribution in [0.2, 0.25) is 0 Å². The summed E-state index contributed by atoms with van der Waals surface area (Å²) < 4.78 is 27.8. The minimum atomic E-state index is -3.60. The van der Waals surface area contributed by atoms with Gasteiger partial charge in [-0.15, -0.1) is 12.4 Å². The van der Waals surface area contributed by atoms with Crippen LogP contribution >= 0.6 is 12.4 Å². The fourth-order valence-electron chi connectivity index (χ4n) is 1.59. The second-order valence-electron chi connectivity index (χ2n) is 4.18. The molecule has 0 bridgehead atoms. The summed E-state index contributed by atoms with van der Waals surface area (Å²) in [5, 5.41) is 3.09. The Balaban J connectivity index is 0.00000361. The average Bonchev–Trinajstić information content (AvgIpc) is 2.72. The zero-order chi connectivity index (χ0) is 14.5. The van der Waals surface area contributed by atoms with Gasteiger partial charge in [0.1, 0.15) is 10.6 Å². The molecule has 116 valence electrons. The van der Waals surface area contributed by atoms with Crippen LogP contribution in [0.25, 0.3) is 0 Å². The summed E-state index contributed by atoms with van der Waals surface area (Å²) in [6, 6.07) is 1.27. The topological polar surface area (TPSA) is 106 Å². The summed E-state index contributed by atoms with van der Waals surface area (Å²) in [5.74, 6) is -0.659. The lowest BCUT2D eigenvalue weighted by molar-refractivity contribution is 0.0992. The van der Waals surface area contributed by atoms with Crippen LogP contribution in [0.15, 0.2) is 17.2 Å². The number of carbonyl (C=O) groups is 1. The number of carbonyl (C=O) groups excluding carboxylic acids is 1. The van der Waals surface area contributed by atoms with E-state index in [1.54, 1.807) is 7.05 Å². The number of nitrogens with two attached hydrogens (primary N) is 1. The number of sulfonamides is 1. The Morgan fingerprint density at radius 3 is 2.50 bits per heavy atom. The van der Waals surface area contributed by atoms with Crippen LogP contribution < -0.4 is 15.8 Å². The zero-order valence-corrected chi connectivity index (χ0v) is 13.2. The van der Waals surface area contributed by atoms with Gasteiger partial charge >= 0.3 is 0 Å². The van der Waals surface area contributed by atoms with Crippen molar-refractivity contribution >= 4 is 28.3 Å². The highest BCUT2D eigenvalue weighted by atomic mass is 35.5. The SMILES string of the molecule is CCCNCCNS(=O)(=O)c1cc(C(N)=O)n(C)c1.Cl. The second kappa shape index (κ2) is 8.25. The molecule has 1 rings (SSSR count). The highest BCUT2D eigenvalue weighted by Gasteiger charge is 2.18. The van der Waals surface area contributed by atoms with Gasteiger partial charge in [-0.1, -0.05) is 6.92 Å². The van der Waals surface area contributed by atoms with E-state index in [0.717, 1.165) is 13.0 Å². The summed E-state index contributed by atoms with van der Waals surface area (Å²) >= 11 is 0. The van der Waals surface area contributed by atoms with Gasteiger partial charge in [-0.2, -0.15) is 0 Å². The summed E-state index contributed by atoms with van der Waals surface area (Å²) in [5.41, 5.74) is 5.30. The summed E-state index contributed by atoms with van der Waals surface area (Å²) in [6.45, 7) is 3.73. The van der Waals surface area contributed by atoms with Gasteiger partial charge in [0, 0.05) is 26.3 Å². The summed E-state index contributed by atoms with van der Waals surface area (Å²) in [4.78, 5) is 11.1. The van der Waals surface area contributed by atoms with Crippen molar-refractivity contribution in [1.29, 1.82) is 0 Å². The molecule has 1 heterocycles. The summed E-state index contributed by atoms with van der Waals surface area (Å²) in [7, 11) is -2.03. The van der Waals surface area contributed by atoms with Crippen molar-refractivity contribution in [2.24, 2.45) is 12.8 Å². The molecule has 7 nitrogen and oxygen atoms in total. The molecule has 1 aromatic rings. The van der Waals surface area contributed by atoms with Crippen molar-refractivity contribution in [3.8, 4) is 0 Å². The lowest BCUT2D eigenvalue weighted by atomic mass is 10.4. The molecule has 0 spiro atoms. The Bertz CT molecular complexity index is 542. The molecule has 0 saturated heterocycles. The largest absolute Gasteiger partial charge is 0.364 e. The molecule has 1 amide bonds. The molecular weight excluding hydrogens is 304 g/mol. The predicted molar refractivity (Wildman–Crippen MR) is 79.5 cm³/mol. The Morgan fingerprint density at radius 1 is 1.35 bits per heavy atom. The first-order valence-electron chi connectivity index (χ1n) is 6.05. The van der Waals surface area contributed by atoms with Crippen LogP contribution in [0.5, 0.6) is 0 Å². The standard InChI is InChI=1S/C11H20N4O3S.ClH/c1-3-4-13-5-6-14-19(17,18)9-7-10(11(12)16)15(2)8-9;/h7-8,13-14H,3-6H2,1-2H3,(H2,12,16);1H. The number of rotatable bonds is 8. The number of nitrogens with zero attached hydrogens (tertiary/aromatic N) is 1. The Labute approximate surface area is 125 Å². The Hall–Kier alpha value is -1.09. The zero-order valence-electron chi connectivity index (χ0n) is 11.5. The van der Waals surface area contributed by atoms with Gasteiger partial charge in [0.2, 0.25) is 10.0 Å². The Morgan fingerprint density at radius 2 is 2.00 bits per heavy atom. The van der Waals surface area contributed by atoms with E-state index in [4.69, 9.17) is 5.73 Å². The van der Waals surface area contributed by atoms with Crippen molar-refractivity contribution < 1.29 is 13.2 Å². The third-order valence-electron chi connectivity index (χ3n) is 2.56. The highest BCUT2D eigenvalue weighted by molar-refractivity contribution is 7.89. The summed E-state index contributed by atoms with van der Waals surface area (Å²) in [6.07, 6.45) is 2.36. The van der Waals surface area contributed by atoms with Gasteiger partial charge in [-0.3, -0.25) is 4.79 Å². The van der Waals surface area contributed by atoms with Crippen LogP contribution in [0.4, 0.5) is 0 Å². The number of hydrogen-bond acceptors (Lipinski definition) is 4. The molecule has 1 aromatic heterocycles. The smallest absolute Gasteiger partial charge is 0.265 e. The number of halogens is 1. The molecule has 20 heavy (non-hydrogen) atoms. The van der Waals surface area contributed by atoms with Crippen LogP contribution in [0.3, 0.4) is 0 Å². The molecular formula is C11H21ClN4O3S. The number of nitrogens with one attached hydrogen (secondary N) is 2. The normalized spacial score (nSPS) is 11.1. The quantitative estimate of drug-likeness (QED) is 0.577. The van der Waals surface area contributed by atoms with E-state index in [1.165, 1.54) is 16.8 Å². The predicted octanol–water partition coefficient (Wildman–Crippen LogP) is -0.176. The van der Waals surface area contributed by atoms with Gasteiger partial charge < -0.3 is 15.6 Å². The molecule has 0 unspecified atom stereocenters. The van der Waals surface area contributed by atoms with E-state index in [1.807, 2.05) is 6.92 Å². The third kappa shape index (κ3) is 5.12. The lowest BCUT2D eigenvalue weighted by Gasteiger charge is -2.05. The van der Waals surface area contributed by atoms with E-state index in [9.17, 15) is 13.2 Å². The molecule has 0 aliphatic rings. The van der Waals surface area contributed by atoms with Gasteiger partial charge in [-0.25, -0.2) is 13.1 Å². The van der Waals surface area contributed by atoms with E-state index in [2.05, 4.69) is 10.0 Å². The van der Waals surface area contributed by atoms with Crippen LogP contribution in [0.1, 0.15) is 23.8 Å². The van der Waals surface area contributed by atoms with Crippen LogP contribution in [0, 0.1) is 0 Å². The molecule has 0 aliphatic heterocycles. The van der Waals surface area contributed by atoms with E-state index in [0.29, 0.717) is 13.1 Å². The van der Waals surface area contributed by atoms with Gasteiger partial charge in [-0.05, 0) is 19.0 Å². The number of primary amides is 1. The minimum Gasteiger partial charge on any atom is -0.364 e. The molecule has 0 aliphatic carbocycles. The van der Waals surface area contributed by atoms with Crippen molar-refractivity contribution in [2.75, 3.05) is 19.6 Å². The van der Waals surface area contributed by atoms with Crippen LogP contribution in [-0.2, 0) is 17.1 Å². The number of amides is 1. The van der Waals surface area contributed by atoms with Gasteiger partial charge in [0.05, 0.1) is 0 Å². The van der Waals surface area contributed by atoms with Crippen molar-refractivity contribution in [3.63, 3.8) is 0 Å². The fraction of sp³-hybridized carbons (Fsp3) is 0.545. The minimum absolute atomic E-state index is 0. The maximum Gasteiger partial charge on any atom is 0.265 e. The van der Waals surface area contributed by atoms with E-state index < -0.39 is 15.9 Å². The second-order valence-corrected chi connectivity index (χ2v) is 5.95. The average molecular weight is 325 g/mol.